The smallest absolute Gasteiger partial charge is 0.251 e. The molecule has 1 aliphatic heterocycles. The maximum atomic E-state index is 12.7. The number of hydrogen-bond donors (Lipinski definition) is 2. The molecule has 6 nitrogen and oxygen atoms in total. The van der Waals surface area contributed by atoms with E-state index in [1.54, 1.807) is 0 Å². The Morgan fingerprint density at radius 1 is 1.10 bits per heavy atom. The van der Waals surface area contributed by atoms with E-state index in [-0.39, 0.29) is 5.91 Å². The fourth-order valence-corrected chi connectivity index (χ4v) is 4.02. The number of aromatic nitrogens is 1. The van der Waals surface area contributed by atoms with Crippen LogP contribution in [0.4, 0.5) is 0 Å². The molecular weight excluding hydrogens is 386 g/mol. The van der Waals surface area contributed by atoms with Crippen molar-refractivity contribution in [2.24, 2.45) is 4.99 Å². The van der Waals surface area contributed by atoms with E-state index < -0.39 is 0 Å². The summed E-state index contributed by atoms with van der Waals surface area (Å²) in [5, 5.41) is 4.19. The predicted octanol–water partition coefficient (Wildman–Crippen LogP) is 3.07. The summed E-state index contributed by atoms with van der Waals surface area (Å²) in [6.07, 6.45) is 1.96. The first kappa shape index (κ1) is 21.3. The number of aliphatic imine (C=N–C) groups is 1. The minimum absolute atomic E-state index is 0.0605. The van der Waals surface area contributed by atoms with E-state index in [1.807, 2.05) is 49.5 Å². The zero-order valence-electron chi connectivity index (χ0n) is 18.4. The van der Waals surface area contributed by atoms with Crippen LogP contribution in [0.25, 0.3) is 10.9 Å². The van der Waals surface area contributed by atoms with E-state index in [2.05, 4.69) is 39.3 Å². The second-order valence-electron chi connectivity index (χ2n) is 8.24. The number of aromatic amines is 1. The number of nitrogens with zero attached hydrogens (tertiary/aromatic N) is 3. The van der Waals surface area contributed by atoms with Gasteiger partial charge in [-0.25, -0.2) is 0 Å². The average Bonchev–Trinajstić information content (AvgIpc) is 3.14. The largest absolute Gasteiger partial charge is 0.356 e. The van der Waals surface area contributed by atoms with E-state index in [0.29, 0.717) is 12.1 Å². The summed E-state index contributed by atoms with van der Waals surface area (Å²) in [5.74, 6) is -0.0605. The van der Waals surface area contributed by atoms with Gasteiger partial charge in [0.1, 0.15) is 0 Å². The Morgan fingerprint density at radius 2 is 1.84 bits per heavy atom. The fraction of sp³-hybridized carbons (Fsp3) is 0.360. The molecule has 6 heteroatoms. The number of para-hydroxylation sites is 1. The van der Waals surface area contributed by atoms with Crippen LogP contribution in [0.5, 0.6) is 0 Å². The lowest BCUT2D eigenvalue weighted by Crippen LogP contribution is -2.45. The number of carbonyl (C=O) groups excluding carboxylic acids is 1. The van der Waals surface area contributed by atoms with Gasteiger partial charge < -0.3 is 15.2 Å². The highest BCUT2D eigenvalue weighted by molar-refractivity contribution is 6.01. The lowest BCUT2D eigenvalue weighted by atomic mass is 10.1. The number of likely N-dealkylation sites (N-methyl/N-ethyl adjacent to an activating group) is 1. The quantitative estimate of drug-likeness (QED) is 0.581. The molecule has 0 spiro atoms. The highest BCUT2D eigenvalue weighted by Crippen LogP contribution is 2.21. The Balaban J connectivity index is 1.44. The molecule has 0 bridgehead atoms. The summed E-state index contributed by atoms with van der Waals surface area (Å²) in [6, 6.07) is 15.9. The van der Waals surface area contributed by atoms with Crippen LogP contribution in [0.3, 0.4) is 0 Å². The third-order valence-corrected chi connectivity index (χ3v) is 6.00. The molecule has 2 aromatic carbocycles. The van der Waals surface area contributed by atoms with Crippen molar-refractivity contribution in [3.05, 3.63) is 70.9 Å². The molecule has 0 radical (unpaired) electrons. The van der Waals surface area contributed by atoms with Gasteiger partial charge in [0, 0.05) is 66.7 Å². The second-order valence-corrected chi connectivity index (χ2v) is 8.24. The number of H-pyrrole nitrogens is 1. The summed E-state index contributed by atoms with van der Waals surface area (Å²) in [5.41, 5.74) is 4.78. The van der Waals surface area contributed by atoms with E-state index in [0.717, 1.165) is 67.0 Å². The SMILES string of the molecule is Cc1ccccc1C(=O)NCc1[nH]c2ccccc2c1C=NCCN1CCN(C)CC1. The van der Waals surface area contributed by atoms with Gasteiger partial charge in [0.2, 0.25) is 0 Å². The Bertz CT molecular complexity index is 1060. The van der Waals surface area contributed by atoms with Crippen LogP contribution in [0.1, 0.15) is 27.2 Å². The van der Waals surface area contributed by atoms with Crippen LogP contribution in [0.15, 0.2) is 53.5 Å². The van der Waals surface area contributed by atoms with Gasteiger partial charge in [0.25, 0.3) is 5.91 Å². The Hall–Kier alpha value is -2.96. The minimum atomic E-state index is -0.0605. The Kier molecular flexibility index (Phi) is 6.79. The van der Waals surface area contributed by atoms with Crippen molar-refractivity contribution in [3.63, 3.8) is 0 Å². The number of rotatable bonds is 7. The van der Waals surface area contributed by atoms with Crippen LogP contribution in [0.2, 0.25) is 0 Å². The van der Waals surface area contributed by atoms with Gasteiger partial charge >= 0.3 is 0 Å². The molecule has 4 rings (SSSR count). The number of benzene rings is 2. The van der Waals surface area contributed by atoms with E-state index >= 15 is 0 Å². The molecule has 0 aliphatic carbocycles. The Labute approximate surface area is 184 Å². The molecule has 31 heavy (non-hydrogen) atoms. The number of aryl methyl sites for hydroxylation is 1. The highest BCUT2D eigenvalue weighted by Gasteiger charge is 2.14. The molecular formula is C25H31N5O. The van der Waals surface area contributed by atoms with Crippen LogP contribution in [-0.4, -0.2) is 73.2 Å². The zero-order chi connectivity index (χ0) is 21.6. The summed E-state index contributed by atoms with van der Waals surface area (Å²) < 4.78 is 0. The molecule has 0 saturated carbocycles. The maximum Gasteiger partial charge on any atom is 0.251 e. The molecule has 0 unspecified atom stereocenters. The summed E-state index contributed by atoms with van der Waals surface area (Å²) in [7, 11) is 2.17. The monoisotopic (exact) mass is 417 g/mol. The van der Waals surface area contributed by atoms with Crippen molar-refractivity contribution in [1.29, 1.82) is 0 Å². The van der Waals surface area contributed by atoms with Crippen LogP contribution < -0.4 is 5.32 Å². The van der Waals surface area contributed by atoms with Gasteiger partial charge in [0.05, 0.1) is 13.1 Å². The maximum absolute atomic E-state index is 12.7. The molecule has 162 valence electrons. The summed E-state index contributed by atoms with van der Waals surface area (Å²) in [4.78, 5) is 25.7. The van der Waals surface area contributed by atoms with Crippen molar-refractivity contribution in [3.8, 4) is 0 Å². The van der Waals surface area contributed by atoms with Gasteiger partial charge in [-0.2, -0.15) is 0 Å². The molecule has 0 atom stereocenters. The molecule has 2 N–H and O–H groups in total. The van der Waals surface area contributed by atoms with Gasteiger partial charge in [-0.3, -0.25) is 14.7 Å². The number of hydrogen-bond acceptors (Lipinski definition) is 4. The van der Waals surface area contributed by atoms with Gasteiger partial charge in [-0.1, -0.05) is 36.4 Å². The van der Waals surface area contributed by atoms with E-state index in [9.17, 15) is 4.79 Å². The second kappa shape index (κ2) is 9.90. The first-order chi connectivity index (χ1) is 15.1. The number of piperazine rings is 1. The van der Waals surface area contributed by atoms with E-state index in [4.69, 9.17) is 4.99 Å². The molecule has 1 aromatic heterocycles. The summed E-state index contributed by atoms with van der Waals surface area (Å²) in [6.45, 7) is 8.60. The van der Waals surface area contributed by atoms with Crippen molar-refractivity contribution in [2.75, 3.05) is 46.3 Å². The molecule has 1 amide bonds. The van der Waals surface area contributed by atoms with Crippen molar-refractivity contribution < 1.29 is 4.79 Å². The lowest BCUT2D eigenvalue weighted by Gasteiger charge is -2.31. The normalized spacial score (nSPS) is 15.7. The molecule has 2 heterocycles. The van der Waals surface area contributed by atoms with Crippen LogP contribution in [-0.2, 0) is 6.54 Å². The molecule has 3 aromatic rings. The number of carbonyl (C=O) groups is 1. The minimum Gasteiger partial charge on any atom is -0.356 e. The van der Waals surface area contributed by atoms with Crippen molar-refractivity contribution >= 4 is 23.0 Å². The third-order valence-electron chi connectivity index (χ3n) is 6.00. The van der Waals surface area contributed by atoms with E-state index in [1.165, 1.54) is 0 Å². The molecule has 1 aliphatic rings. The zero-order valence-corrected chi connectivity index (χ0v) is 18.4. The van der Waals surface area contributed by atoms with Crippen molar-refractivity contribution in [2.45, 2.75) is 13.5 Å². The molecule has 1 fully saturated rings. The first-order valence-electron chi connectivity index (χ1n) is 11.0. The highest BCUT2D eigenvalue weighted by atomic mass is 16.1. The fourth-order valence-electron chi connectivity index (χ4n) is 4.02. The van der Waals surface area contributed by atoms with Crippen molar-refractivity contribution in [1.82, 2.24) is 20.1 Å². The molecule has 1 saturated heterocycles. The van der Waals surface area contributed by atoms with Crippen LogP contribution in [0, 0.1) is 6.92 Å². The third kappa shape index (κ3) is 5.21. The topological polar surface area (TPSA) is 63.7 Å². The van der Waals surface area contributed by atoms with Gasteiger partial charge in [-0.15, -0.1) is 0 Å². The van der Waals surface area contributed by atoms with Gasteiger partial charge in [0.15, 0.2) is 0 Å². The summed E-state index contributed by atoms with van der Waals surface area (Å²) >= 11 is 0. The number of amides is 1. The lowest BCUT2D eigenvalue weighted by molar-refractivity contribution is 0.0950. The first-order valence-corrected chi connectivity index (χ1v) is 11.0. The standard InChI is InChI=1S/C25H31N5O/c1-19-7-3-4-8-20(19)25(31)27-18-24-22(21-9-5-6-10-23(21)28-24)17-26-11-12-30-15-13-29(2)14-16-30/h3-10,17,28H,11-16,18H2,1-2H3,(H,27,31). The predicted molar refractivity (Wildman–Crippen MR) is 127 cm³/mol. The number of nitrogens with one attached hydrogen (secondary N) is 2. The Morgan fingerprint density at radius 3 is 2.65 bits per heavy atom. The average molecular weight is 418 g/mol. The number of fused-ring (bicyclic) bond motifs is 1. The van der Waals surface area contributed by atoms with Crippen LogP contribution >= 0.6 is 0 Å². The van der Waals surface area contributed by atoms with Gasteiger partial charge in [-0.05, 0) is 31.7 Å².